The minimum Gasteiger partial charge on any atom is -0.298 e. The van der Waals surface area contributed by atoms with Gasteiger partial charge in [-0.3, -0.25) is 20.2 Å². The Balaban J connectivity index is 1.82. The average Bonchev–Trinajstić information content (AvgIpc) is 3.23. The van der Waals surface area contributed by atoms with Crippen molar-refractivity contribution in [1.82, 2.24) is 4.98 Å². The van der Waals surface area contributed by atoms with Crippen LogP contribution in [0, 0.1) is 10.1 Å². The summed E-state index contributed by atoms with van der Waals surface area (Å²) in [6.07, 6.45) is 1.06. The molecule has 2 aromatic carbocycles. The lowest BCUT2D eigenvalue weighted by Gasteiger charge is -2.05. The third kappa shape index (κ3) is 4.78. The highest BCUT2D eigenvalue weighted by Gasteiger charge is 2.23. The van der Waals surface area contributed by atoms with Crippen LogP contribution in [0.1, 0.15) is 17.3 Å². The van der Waals surface area contributed by atoms with Crippen LogP contribution in [0.3, 0.4) is 0 Å². The van der Waals surface area contributed by atoms with Gasteiger partial charge in [0.1, 0.15) is 4.21 Å². The zero-order chi connectivity index (χ0) is 22.8. The van der Waals surface area contributed by atoms with Crippen molar-refractivity contribution in [2.45, 2.75) is 20.9 Å². The minimum absolute atomic E-state index is 0.00299. The van der Waals surface area contributed by atoms with Crippen LogP contribution >= 0.6 is 11.3 Å². The molecular formula is C18H15N3O7S3. The molecule has 1 aromatic heterocycles. The molecular weight excluding hydrogens is 466 g/mol. The number of nitrogens with one attached hydrogen (secondary N) is 1. The molecule has 0 saturated heterocycles. The van der Waals surface area contributed by atoms with E-state index in [2.05, 4.69) is 10.3 Å². The predicted octanol–water partition coefficient (Wildman–Crippen LogP) is 2.93. The molecule has 0 bridgehead atoms. The van der Waals surface area contributed by atoms with E-state index in [9.17, 15) is 31.7 Å². The van der Waals surface area contributed by atoms with Crippen LogP contribution in [0.4, 0.5) is 10.8 Å². The fourth-order valence-corrected chi connectivity index (χ4v) is 5.82. The molecule has 3 aromatic rings. The van der Waals surface area contributed by atoms with E-state index in [0.717, 1.165) is 30.5 Å². The molecule has 10 nitrogen and oxygen atoms in total. The van der Waals surface area contributed by atoms with Crippen molar-refractivity contribution in [2.24, 2.45) is 0 Å². The number of rotatable bonds is 7. The van der Waals surface area contributed by atoms with Crippen molar-refractivity contribution >= 4 is 47.7 Å². The topological polar surface area (TPSA) is 153 Å². The molecule has 0 unspecified atom stereocenters. The van der Waals surface area contributed by atoms with E-state index in [-0.39, 0.29) is 36.1 Å². The maximum absolute atomic E-state index is 12.7. The summed E-state index contributed by atoms with van der Waals surface area (Å²) in [5.41, 5.74) is -0.173. The number of benzene rings is 2. The van der Waals surface area contributed by atoms with Crippen molar-refractivity contribution in [1.29, 1.82) is 0 Å². The summed E-state index contributed by atoms with van der Waals surface area (Å²) < 4.78 is 49.2. The Kier molecular flexibility index (Phi) is 6.20. The maximum Gasteiger partial charge on any atom is 0.269 e. The summed E-state index contributed by atoms with van der Waals surface area (Å²) in [5.74, 6) is -0.768. The number of sulfone groups is 2. The second-order valence-corrected chi connectivity index (χ2v) is 11.6. The molecule has 1 N–H and O–H groups in total. The number of anilines is 1. The van der Waals surface area contributed by atoms with Gasteiger partial charge in [-0.15, -0.1) is 0 Å². The quantitative estimate of drug-likeness (QED) is 0.399. The van der Waals surface area contributed by atoms with Gasteiger partial charge in [-0.1, -0.05) is 24.3 Å². The first kappa shape index (κ1) is 22.5. The fraction of sp³-hybridized carbons (Fsp3) is 0.111. The van der Waals surface area contributed by atoms with Crippen LogP contribution in [0.5, 0.6) is 0 Å². The standard InChI is InChI=1S/C18H15N3O7S3/c1-2-30(25,26)15-5-3-4-12(10-15)17(22)20-18-19-11-16(29-18)31(27,28)14-8-6-13(7-9-14)21(23)24/h3-11H,2H2,1H3,(H,19,20,22). The van der Waals surface area contributed by atoms with E-state index in [1.807, 2.05) is 0 Å². The molecule has 0 atom stereocenters. The molecule has 1 amide bonds. The number of amides is 1. The van der Waals surface area contributed by atoms with Crippen LogP contribution in [0.2, 0.25) is 0 Å². The number of hydrogen-bond acceptors (Lipinski definition) is 9. The monoisotopic (exact) mass is 481 g/mol. The van der Waals surface area contributed by atoms with Crippen molar-refractivity contribution < 1.29 is 26.6 Å². The molecule has 0 aliphatic heterocycles. The molecule has 0 aliphatic carbocycles. The lowest BCUT2D eigenvalue weighted by atomic mass is 10.2. The second-order valence-electron chi connectivity index (χ2n) is 6.12. The van der Waals surface area contributed by atoms with Crippen molar-refractivity contribution in [3.63, 3.8) is 0 Å². The van der Waals surface area contributed by atoms with E-state index in [1.165, 1.54) is 31.2 Å². The van der Waals surface area contributed by atoms with E-state index in [1.54, 1.807) is 0 Å². The summed E-state index contributed by atoms with van der Waals surface area (Å²) >= 11 is 0.699. The van der Waals surface area contributed by atoms with Gasteiger partial charge in [-0.2, -0.15) is 0 Å². The Morgan fingerprint density at radius 1 is 1.10 bits per heavy atom. The third-order valence-electron chi connectivity index (χ3n) is 4.16. The zero-order valence-electron chi connectivity index (χ0n) is 15.9. The van der Waals surface area contributed by atoms with E-state index < -0.39 is 30.5 Å². The Hall–Kier alpha value is -3.16. The van der Waals surface area contributed by atoms with Crippen LogP contribution in [0.15, 0.2) is 68.7 Å². The van der Waals surface area contributed by atoms with Crippen LogP contribution in [-0.2, 0) is 19.7 Å². The summed E-state index contributed by atoms with van der Waals surface area (Å²) in [6, 6.07) is 9.86. The largest absolute Gasteiger partial charge is 0.298 e. The first-order chi connectivity index (χ1) is 14.5. The van der Waals surface area contributed by atoms with Crippen LogP contribution in [0.25, 0.3) is 0 Å². The highest BCUT2D eigenvalue weighted by atomic mass is 32.2. The first-order valence-electron chi connectivity index (χ1n) is 8.64. The highest BCUT2D eigenvalue weighted by molar-refractivity contribution is 7.93. The van der Waals surface area contributed by atoms with Gasteiger partial charge in [-0.25, -0.2) is 21.8 Å². The minimum atomic E-state index is -3.99. The van der Waals surface area contributed by atoms with Gasteiger partial charge in [-0.05, 0) is 30.3 Å². The number of thiazole rings is 1. The lowest BCUT2D eigenvalue weighted by Crippen LogP contribution is -2.13. The summed E-state index contributed by atoms with van der Waals surface area (Å²) in [4.78, 5) is 26.3. The van der Waals surface area contributed by atoms with Crippen molar-refractivity contribution in [2.75, 3.05) is 11.1 Å². The van der Waals surface area contributed by atoms with Gasteiger partial charge < -0.3 is 0 Å². The van der Waals surface area contributed by atoms with Gasteiger partial charge in [0.2, 0.25) is 9.84 Å². The van der Waals surface area contributed by atoms with Gasteiger partial charge in [0.25, 0.3) is 11.6 Å². The highest BCUT2D eigenvalue weighted by Crippen LogP contribution is 2.29. The molecule has 13 heteroatoms. The molecule has 0 saturated carbocycles. The van der Waals surface area contributed by atoms with Gasteiger partial charge in [0.05, 0.1) is 26.7 Å². The normalized spacial score (nSPS) is 11.8. The lowest BCUT2D eigenvalue weighted by molar-refractivity contribution is -0.384. The van der Waals surface area contributed by atoms with Gasteiger partial charge >= 0.3 is 0 Å². The molecule has 1 heterocycles. The van der Waals surface area contributed by atoms with Gasteiger partial charge in [0.15, 0.2) is 15.0 Å². The Labute approximate surface area is 181 Å². The number of non-ortho nitro benzene ring substituents is 1. The smallest absolute Gasteiger partial charge is 0.269 e. The SMILES string of the molecule is CCS(=O)(=O)c1cccc(C(=O)Nc2ncc(S(=O)(=O)c3ccc([N+](=O)[O-])cc3)s2)c1. The molecule has 0 radical (unpaired) electrons. The van der Waals surface area contributed by atoms with Crippen LogP contribution in [-0.4, -0.2) is 38.4 Å². The van der Waals surface area contributed by atoms with Crippen molar-refractivity contribution in [3.05, 3.63) is 70.4 Å². The Bertz CT molecular complexity index is 1360. The zero-order valence-corrected chi connectivity index (χ0v) is 18.3. The number of hydrogen-bond donors (Lipinski definition) is 1. The molecule has 0 aliphatic rings. The second kappa shape index (κ2) is 8.53. The van der Waals surface area contributed by atoms with E-state index in [4.69, 9.17) is 0 Å². The average molecular weight is 482 g/mol. The third-order valence-corrected chi connectivity index (χ3v) is 9.04. The number of carbonyl (C=O) groups excluding carboxylic acids is 1. The molecule has 31 heavy (non-hydrogen) atoms. The Morgan fingerprint density at radius 3 is 2.39 bits per heavy atom. The van der Waals surface area contributed by atoms with E-state index >= 15 is 0 Å². The fourth-order valence-electron chi connectivity index (χ4n) is 2.47. The molecule has 162 valence electrons. The Morgan fingerprint density at radius 2 is 1.77 bits per heavy atom. The molecule has 3 rings (SSSR count). The predicted molar refractivity (Wildman–Crippen MR) is 113 cm³/mol. The summed E-state index contributed by atoms with van der Waals surface area (Å²) in [5, 5.41) is 13.2. The number of carbonyl (C=O) groups is 1. The summed E-state index contributed by atoms with van der Waals surface area (Å²) in [7, 11) is -7.48. The molecule has 0 spiro atoms. The van der Waals surface area contributed by atoms with Crippen molar-refractivity contribution in [3.8, 4) is 0 Å². The van der Waals surface area contributed by atoms with Gasteiger partial charge in [0, 0.05) is 17.7 Å². The number of aromatic nitrogens is 1. The first-order valence-corrected chi connectivity index (χ1v) is 12.6. The number of nitrogens with zero attached hydrogens (tertiary/aromatic N) is 2. The summed E-state index contributed by atoms with van der Waals surface area (Å²) in [6.45, 7) is 1.49. The van der Waals surface area contributed by atoms with E-state index in [0.29, 0.717) is 11.3 Å². The number of nitro groups is 1. The number of nitro benzene ring substituents is 1. The maximum atomic E-state index is 12.7. The molecule has 0 fully saturated rings. The van der Waals surface area contributed by atoms with Crippen LogP contribution < -0.4 is 5.32 Å².